The topological polar surface area (TPSA) is 64.7 Å². The number of nitrogens with one attached hydrogen (secondary N) is 2. The first-order valence-corrected chi connectivity index (χ1v) is 8.09. The maximum Gasteiger partial charge on any atom is 0.329 e. The summed E-state index contributed by atoms with van der Waals surface area (Å²) < 4.78 is 0. The zero-order valence-corrected chi connectivity index (χ0v) is 15.0. The van der Waals surface area contributed by atoms with Crippen LogP contribution in [0.3, 0.4) is 0 Å². The highest BCUT2D eigenvalue weighted by Crippen LogP contribution is 2.47. The van der Waals surface area contributed by atoms with Crippen LogP contribution in [0.15, 0.2) is 0 Å². The van der Waals surface area contributed by atoms with Gasteiger partial charge in [-0.1, -0.05) is 38.3 Å². The monoisotopic (exact) mass is 342 g/mol. The van der Waals surface area contributed by atoms with Gasteiger partial charge < -0.3 is 0 Å². The van der Waals surface area contributed by atoms with Crippen LogP contribution in [0.4, 0.5) is 0 Å². The Balaban J connectivity index is 1.83. The van der Waals surface area contributed by atoms with Crippen molar-refractivity contribution in [1.29, 1.82) is 0 Å². The summed E-state index contributed by atoms with van der Waals surface area (Å²) in [6.45, 7) is 4.08. The molecule has 2 amide bonds. The number of hydrazine groups is 2. The molecule has 2 N–H and O–H groups in total. The van der Waals surface area contributed by atoms with Gasteiger partial charge in [-0.05, 0) is 25.7 Å². The molecule has 0 aromatic heterocycles. The summed E-state index contributed by atoms with van der Waals surface area (Å²) in [5, 5.41) is 2.90. The van der Waals surface area contributed by atoms with Crippen molar-refractivity contribution in [2.75, 3.05) is 14.1 Å². The molecular weight excluding hydrogens is 320 g/mol. The van der Waals surface area contributed by atoms with E-state index in [1.807, 2.05) is 13.8 Å². The van der Waals surface area contributed by atoms with Gasteiger partial charge >= 0.3 is 11.8 Å². The van der Waals surface area contributed by atoms with Crippen molar-refractivity contribution in [3.63, 3.8) is 0 Å². The molecule has 0 radical (unpaired) electrons. The third-order valence-electron chi connectivity index (χ3n) is 4.39. The number of nitrogens with zero attached hydrogens (tertiary/aromatic N) is 2. The van der Waals surface area contributed by atoms with Crippen LogP contribution in [0.2, 0.25) is 0 Å². The first-order chi connectivity index (χ1) is 10.1. The van der Waals surface area contributed by atoms with Crippen molar-refractivity contribution in [3.05, 3.63) is 0 Å². The zero-order valence-electron chi connectivity index (χ0n) is 13.4. The fourth-order valence-corrected chi connectivity index (χ4v) is 2.62. The summed E-state index contributed by atoms with van der Waals surface area (Å²) in [6, 6.07) is 0. The van der Waals surface area contributed by atoms with Gasteiger partial charge in [0.2, 0.25) is 0 Å². The van der Waals surface area contributed by atoms with Gasteiger partial charge in [-0.2, -0.15) is 0 Å². The van der Waals surface area contributed by atoms with Crippen LogP contribution >= 0.6 is 24.4 Å². The molecule has 0 heterocycles. The number of rotatable bonds is 2. The molecule has 0 atom stereocenters. The lowest BCUT2D eigenvalue weighted by Crippen LogP contribution is -2.54. The number of hydrogen-bond donors (Lipinski definition) is 2. The van der Waals surface area contributed by atoms with Crippen molar-refractivity contribution in [3.8, 4) is 0 Å². The van der Waals surface area contributed by atoms with E-state index in [0.717, 1.165) is 25.7 Å². The first-order valence-electron chi connectivity index (χ1n) is 7.27. The quantitative estimate of drug-likeness (QED) is 0.446. The Morgan fingerprint density at radius 3 is 1.32 bits per heavy atom. The minimum absolute atomic E-state index is 0.0350. The molecule has 0 bridgehead atoms. The molecule has 2 aliphatic carbocycles. The van der Waals surface area contributed by atoms with Gasteiger partial charge in [-0.3, -0.25) is 30.5 Å². The molecule has 2 rings (SSSR count). The van der Waals surface area contributed by atoms with Crippen LogP contribution in [-0.2, 0) is 9.59 Å². The van der Waals surface area contributed by atoms with Crippen LogP contribution in [0.5, 0.6) is 0 Å². The molecule has 122 valence electrons. The normalized spacial score (nSPS) is 19.6. The van der Waals surface area contributed by atoms with E-state index in [1.165, 1.54) is 10.0 Å². The van der Waals surface area contributed by atoms with E-state index in [9.17, 15) is 9.59 Å². The number of carbonyl (C=O) groups excluding carboxylic acids is 2. The molecule has 2 saturated carbocycles. The average Bonchev–Trinajstić information content (AvgIpc) is 3.37. The predicted octanol–water partition coefficient (Wildman–Crippen LogP) is 1.17. The van der Waals surface area contributed by atoms with E-state index in [-0.39, 0.29) is 10.8 Å². The smallest absolute Gasteiger partial charge is 0.281 e. The summed E-state index contributed by atoms with van der Waals surface area (Å²) in [5.41, 5.74) is 4.92. The van der Waals surface area contributed by atoms with Gasteiger partial charge in [0, 0.05) is 24.9 Å². The molecular formula is C14H22N4O2S2. The fraction of sp³-hybridized carbons (Fsp3) is 0.714. The Hall–Kier alpha value is -1.28. The second-order valence-corrected chi connectivity index (χ2v) is 7.50. The highest BCUT2D eigenvalue weighted by Gasteiger charge is 2.44. The minimum Gasteiger partial charge on any atom is -0.281 e. The molecule has 0 unspecified atom stereocenters. The number of hydrogen-bond acceptors (Lipinski definition) is 4. The van der Waals surface area contributed by atoms with Crippen molar-refractivity contribution in [2.45, 2.75) is 39.5 Å². The molecule has 0 spiro atoms. The van der Waals surface area contributed by atoms with E-state index in [0.29, 0.717) is 9.98 Å². The van der Waals surface area contributed by atoms with Crippen LogP contribution in [0, 0.1) is 10.8 Å². The molecule has 8 heteroatoms. The molecule has 2 aliphatic rings. The summed E-state index contributed by atoms with van der Waals surface area (Å²) in [5.74, 6) is -1.52. The number of carbonyl (C=O) groups is 2. The summed E-state index contributed by atoms with van der Waals surface area (Å²) >= 11 is 10.6. The highest BCUT2D eigenvalue weighted by atomic mass is 32.1. The van der Waals surface area contributed by atoms with Crippen LogP contribution in [0.1, 0.15) is 39.5 Å². The minimum atomic E-state index is -0.760. The summed E-state index contributed by atoms with van der Waals surface area (Å²) in [4.78, 5) is 25.2. The Morgan fingerprint density at radius 1 is 0.818 bits per heavy atom. The summed E-state index contributed by atoms with van der Waals surface area (Å²) in [6.07, 6.45) is 4.03. The van der Waals surface area contributed by atoms with Gasteiger partial charge in [-0.15, -0.1) is 0 Å². The van der Waals surface area contributed by atoms with Crippen LogP contribution < -0.4 is 10.9 Å². The number of thiocarbonyl (C=S) groups is 2. The highest BCUT2D eigenvalue weighted by molar-refractivity contribution is 7.80. The van der Waals surface area contributed by atoms with E-state index >= 15 is 0 Å². The largest absolute Gasteiger partial charge is 0.329 e. The van der Waals surface area contributed by atoms with Gasteiger partial charge in [0.05, 0.1) is 0 Å². The van der Waals surface area contributed by atoms with Gasteiger partial charge in [0.15, 0.2) is 0 Å². The third kappa shape index (κ3) is 3.55. The molecule has 0 saturated heterocycles. The van der Waals surface area contributed by atoms with Gasteiger partial charge in [0.1, 0.15) is 9.98 Å². The van der Waals surface area contributed by atoms with Gasteiger partial charge in [-0.25, -0.2) is 0 Å². The molecule has 0 aromatic carbocycles. The second-order valence-electron chi connectivity index (χ2n) is 6.73. The molecule has 6 nitrogen and oxygen atoms in total. The summed E-state index contributed by atoms with van der Waals surface area (Å²) in [7, 11) is 3.30. The fourth-order valence-electron chi connectivity index (χ4n) is 2.12. The zero-order chi connectivity index (χ0) is 16.7. The Kier molecular flexibility index (Phi) is 4.45. The third-order valence-corrected chi connectivity index (χ3v) is 5.92. The standard InChI is InChI=1S/C14H22N4O2S2/c1-13(5-6-13)11(21)17(3)15-9(19)10(20)16-18(4)12(22)14(2)7-8-14/h5-8H2,1-4H3,(H,15,19)(H,16,20). The van der Waals surface area contributed by atoms with Gasteiger partial charge in [0.25, 0.3) is 0 Å². The van der Waals surface area contributed by atoms with E-state index in [2.05, 4.69) is 10.9 Å². The maximum atomic E-state index is 11.9. The second kappa shape index (κ2) is 5.73. The lowest BCUT2D eigenvalue weighted by Gasteiger charge is -2.26. The molecule has 2 fully saturated rings. The predicted molar refractivity (Wildman–Crippen MR) is 91.7 cm³/mol. The van der Waals surface area contributed by atoms with Crippen molar-refractivity contribution >= 4 is 46.2 Å². The molecule has 22 heavy (non-hydrogen) atoms. The average molecular weight is 342 g/mol. The Morgan fingerprint density at radius 2 is 1.09 bits per heavy atom. The van der Waals surface area contributed by atoms with Crippen molar-refractivity contribution < 1.29 is 9.59 Å². The Bertz CT molecular complexity index is 493. The van der Waals surface area contributed by atoms with E-state index in [4.69, 9.17) is 24.4 Å². The number of amides is 2. The SMILES string of the molecule is CN(NC(=O)C(=O)NN(C)C(=S)C1(C)CC1)C(=S)C1(C)CC1. The van der Waals surface area contributed by atoms with E-state index < -0.39 is 11.8 Å². The molecule has 0 aliphatic heterocycles. The van der Waals surface area contributed by atoms with E-state index in [1.54, 1.807) is 14.1 Å². The first kappa shape index (κ1) is 17.1. The van der Waals surface area contributed by atoms with Crippen LogP contribution in [-0.4, -0.2) is 45.9 Å². The lowest BCUT2D eigenvalue weighted by molar-refractivity contribution is -0.142. The molecule has 0 aromatic rings. The van der Waals surface area contributed by atoms with Crippen LogP contribution in [0.25, 0.3) is 0 Å². The van der Waals surface area contributed by atoms with Crippen molar-refractivity contribution in [1.82, 2.24) is 20.9 Å². The maximum absolute atomic E-state index is 11.9. The Labute approximate surface area is 141 Å². The van der Waals surface area contributed by atoms with Crippen molar-refractivity contribution in [2.24, 2.45) is 10.8 Å². The lowest BCUT2D eigenvalue weighted by atomic mass is 10.1.